The average molecular weight is 502 g/mol. The molecule has 1 unspecified atom stereocenters. The Kier molecular flexibility index (Phi) is 6.12. The molecule has 36 heavy (non-hydrogen) atoms. The van der Waals surface area contributed by atoms with Crippen molar-refractivity contribution in [3.63, 3.8) is 0 Å². The molecule has 1 saturated heterocycles. The van der Waals surface area contributed by atoms with E-state index in [4.69, 9.17) is 0 Å². The summed E-state index contributed by atoms with van der Waals surface area (Å²) < 4.78 is 44.0. The summed E-state index contributed by atoms with van der Waals surface area (Å²) in [5.74, 6) is -1.82. The molecule has 0 radical (unpaired) electrons. The molecule has 1 fully saturated rings. The molecule has 0 spiro atoms. The lowest BCUT2D eigenvalue weighted by atomic mass is 10.0. The number of imide groups is 1. The quantitative estimate of drug-likeness (QED) is 0.612. The number of hydrogen-bond donors (Lipinski definition) is 2. The summed E-state index contributed by atoms with van der Waals surface area (Å²) in [6.07, 6.45) is 0.370. The van der Waals surface area contributed by atoms with Crippen molar-refractivity contribution in [2.24, 2.45) is 0 Å². The van der Waals surface area contributed by atoms with Gasteiger partial charge in [0.1, 0.15) is 11.9 Å². The minimum absolute atomic E-state index is 0.0156. The van der Waals surface area contributed by atoms with Crippen molar-refractivity contribution in [2.75, 3.05) is 16.8 Å². The van der Waals surface area contributed by atoms with Crippen LogP contribution in [0.4, 0.5) is 29.3 Å². The highest BCUT2D eigenvalue weighted by Crippen LogP contribution is 2.35. The molecule has 0 aliphatic carbocycles. The molecule has 2 aromatic carbocycles. The van der Waals surface area contributed by atoms with Crippen LogP contribution in [0.5, 0.6) is 0 Å². The Balaban J connectivity index is 1.34. The van der Waals surface area contributed by atoms with Gasteiger partial charge in [-0.25, -0.2) is 9.18 Å². The first-order chi connectivity index (χ1) is 17.2. The molecular weight excluding hydrogens is 481 g/mol. The van der Waals surface area contributed by atoms with E-state index < -0.39 is 43.1 Å². The summed E-state index contributed by atoms with van der Waals surface area (Å²) in [6.45, 7) is -3.41. The number of fused-ring (bicyclic) bond motifs is 2. The summed E-state index contributed by atoms with van der Waals surface area (Å²) in [5, 5.41) is 4.92. The minimum Gasteiger partial charge on any atom is -0.322 e. The van der Waals surface area contributed by atoms with Gasteiger partial charge in [0, 0.05) is 36.2 Å². The van der Waals surface area contributed by atoms with Crippen molar-refractivity contribution in [3.05, 3.63) is 58.9 Å². The van der Waals surface area contributed by atoms with Crippen LogP contribution < -0.4 is 15.5 Å². The highest BCUT2D eigenvalue weighted by molar-refractivity contribution is 6.07. The van der Waals surface area contributed by atoms with Crippen molar-refractivity contribution in [2.45, 2.75) is 44.5 Å². The number of carbonyl (C=O) groups excluding carboxylic acids is 4. The number of hydrogen-bond acceptors (Lipinski definition) is 5. The number of piperidine rings is 1. The van der Waals surface area contributed by atoms with Gasteiger partial charge >= 0.3 is 12.6 Å². The first kappa shape index (κ1) is 23.8. The smallest absolute Gasteiger partial charge is 0.322 e. The summed E-state index contributed by atoms with van der Waals surface area (Å²) >= 11 is 0. The lowest BCUT2D eigenvalue weighted by molar-refractivity contribution is -0.137. The predicted molar refractivity (Wildman–Crippen MR) is 120 cm³/mol. The number of alkyl halides is 2. The van der Waals surface area contributed by atoms with Gasteiger partial charge in [0.2, 0.25) is 11.8 Å². The van der Waals surface area contributed by atoms with Gasteiger partial charge in [0.25, 0.3) is 5.91 Å². The topological polar surface area (TPSA) is 108 Å². The molecule has 0 saturated carbocycles. The van der Waals surface area contributed by atoms with Crippen molar-refractivity contribution >= 4 is 35.1 Å². The van der Waals surface area contributed by atoms with E-state index in [0.29, 0.717) is 16.8 Å². The number of ether oxygens (including phenoxy) is 1. The first-order valence-electron chi connectivity index (χ1n) is 11.3. The van der Waals surface area contributed by atoms with E-state index >= 15 is 0 Å². The molecule has 0 bridgehead atoms. The number of amides is 5. The molecule has 2 atom stereocenters. The summed E-state index contributed by atoms with van der Waals surface area (Å²) in [7, 11) is 0. The maximum Gasteiger partial charge on any atom is 0.345 e. The molecule has 12 heteroatoms. The Hall–Kier alpha value is -3.93. The van der Waals surface area contributed by atoms with E-state index in [1.54, 1.807) is 6.07 Å². The number of benzene rings is 2. The SMILES string of the molecule is O=C1CCC(N2Cc3cc(NC(=O)N4c5cccc(F)c5C[C@H]4COC(F)F)ccc3C2=O)C(=O)N1. The lowest BCUT2D eigenvalue weighted by Gasteiger charge is -2.29. The van der Waals surface area contributed by atoms with E-state index in [0.717, 1.165) is 0 Å². The standard InChI is InChI=1S/C24H21F3N4O5/c25-17-2-1-3-18-16(17)9-14(11-36-23(26)27)31(18)24(35)28-13-4-5-15-12(8-13)10-30(22(15)34)19-6-7-20(32)29-21(19)33/h1-5,8,14,19,23H,6-7,9-11H2,(H,28,35)(H,29,32,33)/t14-,19?/m0/s1. The molecule has 3 aliphatic rings. The average Bonchev–Trinajstić information content (AvgIpc) is 3.36. The number of rotatable bonds is 5. The maximum atomic E-state index is 14.3. The largest absolute Gasteiger partial charge is 0.345 e. The monoisotopic (exact) mass is 502 g/mol. The summed E-state index contributed by atoms with van der Waals surface area (Å²) in [4.78, 5) is 52.3. The fourth-order valence-electron chi connectivity index (χ4n) is 4.93. The van der Waals surface area contributed by atoms with Crippen molar-refractivity contribution in [1.29, 1.82) is 0 Å². The van der Waals surface area contributed by atoms with Gasteiger partial charge < -0.3 is 15.0 Å². The molecule has 2 aromatic rings. The summed E-state index contributed by atoms with van der Waals surface area (Å²) in [5.41, 5.74) is 1.77. The fourth-order valence-corrected chi connectivity index (χ4v) is 4.93. The number of urea groups is 1. The van der Waals surface area contributed by atoms with Crippen LogP contribution in [0.1, 0.15) is 34.3 Å². The number of anilines is 2. The minimum atomic E-state index is -3.04. The molecule has 2 N–H and O–H groups in total. The molecule has 3 heterocycles. The van der Waals surface area contributed by atoms with E-state index in [1.807, 2.05) is 0 Å². The zero-order chi connectivity index (χ0) is 25.6. The number of nitrogens with zero attached hydrogens (tertiary/aromatic N) is 2. The van der Waals surface area contributed by atoms with Crippen LogP contribution in [-0.2, 0) is 27.3 Å². The first-order valence-corrected chi connectivity index (χ1v) is 11.3. The van der Waals surface area contributed by atoms with E-state index in [-0.39, 0.29) is 48.9 Å². The molecule has 188 valence electrons. The Morgan fingerprint density at radius 1 is 1.19 bits per heavy atom. The second-order valence-electron chi connectivity index (χ2n) is 8.76. The highest BCUT2D eigenvalue weighted by Gasteiger charge is 2.40. The number of carbonyl (C=O) groups is 4. The van der Waals surface area contributed by atoms with E-state index in [1.165, 1.54) is 40.1 Å². The Morgan fingerprint density at radius 3 is 2.75 bits per heavy atom. The molecule has 9 nitrogen and oxygen atoms in total. The Labute approximate surface area is 203 Å². The second-order valence-corrected chi connectivity index (χ2v) is 8.76. The molecule has 3 aliphatic heterocycles. The van der Waals surface area contributed by atoms with Crippen LogP contribution in [0.15, 0.2) is 36.4 Å². The Bertz CT molecular complexity index is 1270. The van der Waals surface area contributed by atoms with Crippen LogP contribution >= 0.6 is 0 Å². The van der Waals surface area contributed by atoms with Crippen molar-refractivity contribution in [1.82, 2.24) is 10.2 Å². The lowest BCUT2D eigenvalue weighted by Crippen LogP contribution is -2.52. The third-order valence-electron chi connectivity index (χ3n) is 6.57. The van der Waals surface area contributed by atoms with Gasteiger partial charge in [-0.05, 0) is 42.3 Å². The summed E-state index contributed by atoms with van der Waals surface area (Å²) in [6, 6.07) is 6.52. The maximum absolute atomic E-state index is 14.3. The van der Waals surface area contributed by atoms with Crippen molar-refractivity contribution < 1.29 is 37.1 Å². The van der Waals surface area contributed by atoms with Gasteiger partial charge in [0.05, 0.1) is 18.3 Å². The fraction of sp³-hybridized carbons (Fsp3) is 0.333. The normalized spacial score (nSPS) is 21.1. The molecular formula is C24H21F3N4O5. The third-order valence-corrected chi connectivity index (χ3v) is 6.57. The zero-order valence-electron chi connectivity index (χ0n) is 18.8. The number of halogens is 3. The molecule has 0 aromatic heterocycles. The van der Waals surface area contributed by atoms with Gasteiger partial charge in [-0.3, -0.25) is 24.6 Å². The molecule has 5 amide bonds. The van der Waals surface area contributed by atoms with Crippen LogP contribution in [0, 0.1) is 5.82 Å². The van der Waals surface area contributed by atoms with E-state index in [2.05, 4.69) is 15.4 Å². The Morgan fingerprint density at radius 2 is 2.00 bits per heavy atom. The highest BCUT2D eigenvalue weighted by atomic mass is 19.3. The van der Waals surface area contributed by atoms with Crippen LogP contribution in [0.2, 0.25) is 0 Å². The van der Waals surface area contributed by atoms with Crippen LogP contribution in [0.3, 0.4) is 0 Å². The molecule has 5 rings (SSSR count). The predicted octanol–water partition coefficient (Wildman–Crippen LogP) is 2.79. The van der Waals surface area contributed by atoms with Gasteiger partial charge in [0.15, 0.2) is 0 Å². The van der Waals surface area contributed by atoms with Crippen LogP contribution in [0.25, 0.3) is 0 Å². The second kappa shape index (κ2) is 9.26. The zero-order valence-corrected chi connectivity index (χ0v) is 18.8. The van der Waals surface area contributed by atoms with Gasteiger partial charge in [-0.1, -0.05) is 6.07 Å². The van der Waals surface area contributed by atoms with Gasteiger partial charge in [-0.2, -0.15) is 8.78 Å². The third kappa shape index (κ3) is 4.28. The van der Waals surface area contributed by atoms with Crippen LogP contribution in [-0.4, -0.2) is 54.0 Å². The number of nitrogens with one attached hydrogen (secondary N) is 2. The van der Waals surface area contributed by atoms with Crippen molar-refractivity contribution in [3.8, 4) is 0 Å². The van der Waals surface area contributed by atoms with E-state index in [9.17, 15) is 32.3 Å². The van der Waals surface area contributed by atoms with Gasteiger partial charge in [-0.15, -0.1) is 0 Å².